The van der Waals surface area contributed by atoms with Crippen molar-refractivity contribution in [2.75, 3.05) is 18.0 Å². The van der Waals surface area contributed by atoms with Crippen molar-refractivity contribution < 1.29 is 4.39 Å². The van der Waals surface area contributed by atoms with Crippen molar-refractivity contribution in [2.24, 2.45) is 0 Å². The number of rotatable bonds is 5. The Balaban J connectivity index is 1.22. The third-order valence-electron chi connectivity index (χ3n) is 6.79. The maximum absolute atomic E-state index is 15.1. The van der Waals surface area contributed by atoms with Crippen molar-refractivity contribution in [3.8, 4) is 0 Å². The van der Waals surface area contributed by atoms with Gasteiger partial charge < -0.3 is 9.47 Å². The molecule has 2 atom stereocenters. The van der Waals surface area contributed by atoms with Crippen LogP contribution in [0, 0.1) is 5.82 Å². The van der Waals surface area contributed by atoms with Gasteiger partial charge in [0.1, 0.15) is 18.5 Å². The van der Waals surface area contributed by atoms with Crippen LogP contribution < -0.4 is 4.90 Å². The van der Waals surface area contributed by atoms with E-state index >= 15 is 4.39 Å². The number of halogens is 1. The first kappa shape index (κ1) is 21.5. The Hall–Kier alpha value is -2.38. The van der Waals surface area contributed by atoms with Crippen LogP contribution in [-0.2, 0) is 6.54 Å². The first-order valence-electron chi connectivity index (χ1n) is 11.5. The Kier molecular flexibility index (Phi) is 6.46. The molecular formula is C25H30FN5S. The summed E-state index contributed by atoms with van der Waals surface area (Å²) in [6.45, 7) is 4.73. The van der Waals surface area contributed by atoms with Crippen molar-refractivity contribution in [3.05, 3.63) is 78.1 Å². The average molecular weight is 452 g/mol. The van der Waals surface area contributed by atoms with Crippen LogP contribution in [0.15, 0.2) is 61.2 Å². The molecule has 0 N–H and O–H groups in total. The first-order valence-corrected chi connectivity index (χ1v) is 12.4. The van der Waals surface area contributed by atoms with Gasteiger partial charge in [-0.25, -0.2) is 8.70 Å². The molecule has 2 fully saturated rings. The summed E-state index contributed by atoms with van der Waals surface area (Å²) in [7, 11) is 0. The summed E-state index contributed by atoms with van der Waals surface area (Å²) in [6.07, 6.45) is 7.85. The maximum Gasteiger partial charge on any atom is 0.146 e. The highest BCUT2D eigenvalue weighted by atomic mass is 32.2. The van der Waals surface area contributed by atoms with E-state index < -0.39 is 0 Å². The van der Waals surface area contributed by atoms with E-state index in [0.717, 1.165) is 50.1 Å². The number of piperidine rings is 1. The largest absolute Gasteiger partial charge is 0.369 e. The van der Waals surface area contributed by atoms with E-state index in [0.29, 0.717) is 17.3 Å². The van der Waals surface area contributed by atoms with Gasteiger partial charge >= 0.3 is 0 Å². The monoisotopic (exact) mass is 451 g/mol. The molecule has 0 aliphatic carbocycles. The quantitative estimate of drug-likeness (QED) is 0.470. The third-order valence-corrected chi connectivity index (χ3v) is 8.31. The zero-order valence-corrected chi connectivity index (χ0v) is 19.3. The van der Waals surface area contributed by atoms with E-state index in [4.69, 9.17) is 0 Å². The SMILES string of the molecule is C[C@H]1CC[C@H](c2ccccc2)SN1Cc1ccc(N2CCC(n3cnnc3)CC2)c(F)c1. The Labute approximate surface area is 193 Å². The minimum Gasteiger partial charge on any atom is -0.369 e. The number of benzene rings is 2. The lowest BCUT2D eigenvalue weighted by atomic mass is 10.0. The summed E-state index contributed by atoms with van der Waals surface area (Å²) in [5.74, 6) is -0.112. The summed E-state index contributed by atoms with van der Waals surface area (Å²) in [6, 6.07) is 17.4. The molecular weight excluding hydrogens is 421 g/mol. The third kappa shape index (κ3) is 4.69. The molecule has 32 heavy (non-hydrogen) atoms. The Bertz CT molecular complexity index is 1000. The predicted octanol–water partition coefficient (Wildman–Crippen LogP) is 5.63. The van der Waals surface area contributed by atoms with Gasteiger partial charge in [0.05, 0.1) is 5.69 Å². The van der Waals surface area contributed by atoms with Gasteiger partial charge in [0.25, 0.3) is 0 Å². The van der Waals surface area contributed by atoms with E-state index in [9.17, 15) is 0 Å². The van der Waals surface area contributed by atoms with Crippen LogP contribution in [0.4, 0.5) is 10.1 Å². The average Bonchev–Trinajstić information content (AvgIpc) is 3.37. The Morgan fingerprint density at radius 1 is 0.969 bits per heavy atom. The van der Waals surface area contributed by atoms with E-state index in [1.54, 1.807) is 18.7 Å². The van der Waals surface area contributed by atoms with Gasteiger partial charge in [-0.05, 0) is 55.9 Å². The highest BCUT2D eigenvalue weighted by Crippen LogP contribution is 2.43. The summed E-state index contributed by atoms with van der Waals surface area (Å²) >= 11 is 1.91. The van der Waals surface area contributed by atoms with Crippen molar-refractivity contribution >= 4 is 17.6 Å². The van der Waals surface area contributed by atoms with Gasteiger partial charge in [0.15, 0.2) is 0 Å². The van der Waals surface area contributed by atoms with Gasteiger partial charge in [-0.15, -0.1) is 10.2 Å². The fraction of sp³-hybridized carbons (Fsp3) is 0.440. The topological polar surface area (TPSA) is 37.2 Å². The molecule has 1 aromatic heterocycles. The number of hydrogen-bond acceptors (Lipinski definition) is 5. The van der Waals surface area contributed by atoms with Crippen LogP contribution in [-0.4, -0.2) is 38.2 Å². The van der Waals surface area contributed by atoms with Crippen LogP contribution in [0.3, 0.4) is 0 Å². The molecule has 0 bridgehead atoms. The molecule has 0 radical (unpaired) electrons. The molecule has 0 saturated carbocycles. The summed E-state index contributed by atoms with van der Waals surface area (Å²) < 4.78 is 19.6. The molecule has 2 aromatic carbocycles. The van der Waals surface area contributed by atoms with Crippen LogP contribution >= 0.6 is 11.9 Å². The number of nitrogens with zero attached hydrogens (tertiary/aromatic N) is 5. The molecule has 3 aromatic rings. The molecule has 0 amide bonds. The van der Waals surface area contributed by atoms with Crippen LogP contribution in [0.5, 0.6) is 0 Å². The van der Waals surface area contributed by atoms with Crippen molar-refractivity contribution in [2.45, 2.75) is 56.5 Å². The molecule has 5 nitrogen and oxygen atoms in total. The van der Waals surface area contributed by atoms with Crippen LogP contribution in [0.1, 0.15) is 55.0 Å². The molecule has 168 valence electrons. The van der Waals surface area contributed by atoms with Gasteiger partial charge in [-0.3, -0.25) is 0 Å². The summed E-state index contributed by atoms with van der Waals surface area (Å²) in [5, 5.41) is 8.29. The highest BCUT2D eigenvalue weighted by Gasteiger charge is 2.28. The van der Waals surface area contributed by atoms with Crippen LogP contribution in [0.2, 0.25) is 0 Å². The molecule has 2 saturated heterocycles. The van der Waals surface area contributed by atoms with Crippen molar-refractivity contribution in [1.29, 1.82) is 0 Å². The smallest absolute Gasteiger partial charge is 0.146 e. The lowest BCUT2D eigenvalue weighted by molar-refractivity contribution is 0.321. The molecule has 5 rings (SSSR count). The number of aromatic nitrogens is 3. The van der Waals surface area contributed by atoms with Crippen molar-refractivity contribution in [3.63, 3.8) is 0 Å². The van der Waals surface area contributed by atoms with E-state index in [1.807, 2.05) is 18.0 Å². The molecule has 3 heterocycles. The molecule has 2 aliphatic heterocycles. The van der Waals surface area contributed by atoms with E-state index in [1.165, 1.54) is 12.0 Å². The summed E-state index contributed by atoms with van der Waals surface area (Å²) in [5.41, 5.74) is 3.14. The maximum atomic E-state index is 15.1. The van der Waals surface area contributed by atoms with Gasteiger partial charge in [-0.2, -0.15) is 0 Å². The van der Waals surface area contributed by atoms with Crippen molar-refractivity contribution in [1.82, 2.24) is 19.1 Å². The second-order valence-electron chi connectivity index (χ2n) is 8.92. The number of anilines is 1. The summed E-state index contributed by atoms with van der Waals surface area (Å²) in [4.78, 5) is 2.17. The van der Waals surface area contributed by atoms with Gasteiger partial charge in [0, 0.05) is 37.0 Å². The highest BCUT2D eigenvalue weighted by molar-refractivity contribution is 7.97. The Morgan fingerprint density at radius 3 is 2.44 bits per heavy atom. The fourth-order valence-electron chi connectivity index (χ4n) is 4.83. The minimum atomic E-state index is -0.112. The normalized spacial score (nSPS) is 22.9. The van der Waals surface area contributed by atoms with Gasteiger partial charge in [-0.1, -0.05) is 48.3 Å². The fourth-order valence-corrected chi connectivity index (χ4v) is 6.22. The second-order valence-corrected chi connectivity index (χ2v) is 10.2. The second kappa shape index (κ2) is 9.63. The number of hydrogen-bond donors (Lipinski definition) is 0. The van der Waals surface area contributed by atoms with E-state index in [-0.39, 0.29) is 5.82 Å². The molecule has 0 unspecified atom stereocenters. The lowest BCUT2D eigenvalue weighted by Crippen LogP contribution is -2.35. The van der Waals surface area contributed by atoms with E-state index in [2.05, 4.69) is 67.3 Å². The minimum absolute atomic E-state index is 0.112. The van der Waals surface area contributed by atoms with Crippen LogP contribution in [0.25, 0.3) is 0 Å². The molecule has 0 spiro atoms. The molecule has 2 aliphatic rings. The molecule has 7 heteroatoms. The van der Waals surface area contributed by atoms with Gasteiger partial charge in [0.2, 0.25) is 0 Å². The standard InChI is InChI=1S/C25H30FN5S/c1-19-7-10-25(21-5-3-2-4-6-21)32-31(19)16-20-8-9-24(23(26)15-20)29-13-11-22(12-14-29)30-17-27-28-18-30/h2-6,8-9,15,17-19,22,25H,7,10-14,16H2,1H3/t19-,25+/m0/s1. The Morgan fingerprint density at radius 2 is 1.72 bits per heavy atom. The zero-order valence-electron chi connectivity index (χ0n) is 18.5. The first-order chi connectivity index (χ1) is 15.7. The zero-order chi connectivity index (χ0) is 21.9. The predicted molar refractivity (Wildman–Crippen MR) is 128 cm³/mol. The lowest BCUT2D eigenvalue weighted by Gasteiger charge is -2.37.